The van der Waals surface area contributed by atoms with E-state index < -0.39 is 0 Å². The molecule has 0 saturated carbocycles. The van der Waals surface area contributed by atoms with E-state index in [1.807, 2.05) is 44.2 Å². The summed E-state index contributed by atoms with van der Waals surface area (Å²) in [5, 5.41) is 12.5. The maximum absolute atomic E-state index is 12.2. The predicted molar refractivity (Wildman–Crippen MR) is 99.8 cm³/mol. The summed E-state index contributed by atoms with van der Waals surface area (Å²) in [7, 11) is 1.55. The molecule has 1 aromatic heterocycles. The number of oxime groups is 1. The number of aryl methyl sites for hydroxylation is 2. The second-order valence-electron chi connectivity index (χ2n) is 5.83. The highest BCUT2D eigenvalue weighted by molar-refractivity contribution is 6.31. The molecule has 3 aromatic rings. The molecule has 0 aliphatic heterocycles. The molecular weight excluding hydrogens is 354 g/mol. The molecule has 0 aliphatic carbocycles. The van der Waals surface area contributed by atoms with Crippen molar-refractivity contribution in [2.45, 2.75) is 20.5 Å². The Labute approximate surface area is 155 Å². The summed E-state index contributed by atoms with van der Waals surface area (Å²) in [5.41, 5.74) is 3.68. The van der Waals surface area contributed by atoms with Crippen LogP contribution in [-0.4, -0.2) is 25.5 Å². The van der Waals surface area contributed by atoms with Gasteiger partial charge < -0.3 is 4.84 Å². The van der Waals surface area contributed by atoms with Crippen LogP contribution >= 0.6 is 11.6 Å². The van der Waals surface area contributed by atoms with Crippen molar-refractivity contribution in [3.8, 4) is 5.69 Å². The first-order valence-electron chi connectivity index (χ1n) is 7.97. The van der Waals surface area contributed by atoms with Crippen LogP contribution in [0.4, 0.5) is 0 Å². The van der Waals surface area contributed by atoms with E-state index in [2.05, 4.69) is 15.6 Å². The molecule has 0 atom stereocenters. The Bertz CT molecular complexity index is 1020. The molecule has 2 aromatic carbocycles. The van der Waals surface area contributed by atoms with E-state index in [9.17, 15) is 4.79 Å². The van der Waals surface area contributed by atoms with E-state index in [-0.39, 0.29) is 12.3 Å². The quantitative estimate of drug-likeness (QED) is 0.510. The zero-order chi connectivity index (χ0) is 18.7. The molecule has 0 N–H and O–H groups in total. The van der Waals surface area contributed by atoms with Gasteiger partial charge in [0, 0.05) is 23.2 Å². The highest BCUT2D eigenvalue weighted by atomic mass is 35.5. The number of nitrogens with zero attached hydrogens (tertiary/aromatic N) is 5. The average molecular weight is 372 g/mol. The van der Waals surface area contributed by atoms with E-state index in [1.165, 1.54) is 9.36 Å². The van der Waals surface area contributed by atoms with Gasteiger partial charge in [-0.15, -0.1) is 0 Å². The van der Waals surface area contributed by atoms with Crippen LogP contribution in [0.2, 0.25) is 5.02 Å². The molecule has 1 heterocycles. The highest BCUT2D eigenvalue weighted by Crippen LogP contribution is 2.18. The molecule has 0 fully saturated rings. The van der Waals surface area contributed by atoms with E-state index >= 15 is 0 Å². The largest absolute Gasteiger partial charge is 0.391 e. The van der Waals surface area contributed by atoms with Crippen LogP contribution in [0.3, 0.4) is 0 Å². The van der Waals surface area contributed by atoms with E-state index in [1.54, 1.807) is 19.2 Å². The van der Waals surface area contributed by atoms with E-state index in [0.717, 1.165) is 16.7 Å². The van der Waals surface area contributed by atoms with Crippen molar-refractivity contribution >= 4 is 17.3 Å². The molecule has 0 bridgehead atoms. The van der Waals surface area contributed by atoms with Gasteiger partial charge in [-0.05, 0) is 48.0 Å². The maximum atomic E-state index is 12.2. The number of tetrazole rings is 1. The van der Waals surface area contributed by atoms with Crippen molar-refractivity contribution < 1.29 is 4.84 Å². The molecule has 0 spiro atoms. The van der Waals surface area contributed by atoms with Gasteiger partial charge in [-0.3, -0.25) is 0 Å². The van der Waals surface area contributed by atoms with Gasteiger partial charge in [0.2, 0.25) is 0 Å². The minimum absolute atomic E-state index is 0.197. The predicted octanol–water partition coefficient (Wildman–Crippen LogP) is 2.87. The summed E-state index contributed by atoms with van der Waals surface area (Å²) in [6.45, 7) is 3.98. The van der Waals surface area contributed by atoms with Gasteiger partial charge in [-0.2, -0.15) is 9.36 Å². The van der Waals surface area contributed by atoms with Crippen molar-refractivity contribution in [2.24, 2.45) is 12.2 Å². The van der Waals surface area contributed by atoms with Gasteiger partial charge in [-0.25, -0.2) is 4.79 Å². The molecule has 0 aliphatic rings. The van der Waals surface area contributed by atoms with Gasteiger partial charge in [0.05, 0.1) is 11.4 Å². The summed E-state index contributed by atoms with van der Waals surface area (Å²) >= 11 is 6.00. The lowest BCUT2D eigenvalue weighted by molar-refractivity contribution is 0.130. The summed E-state index contributed by atoms with van der Waals surface area (Å²) in [6.07, 6.45) is 0. The Morgan fingerprint density at radius 3 is 2.69 bits per heavy atom. The van der Waals surface area contributed by atoms with Crippen molar-refractivity contribution in [1.82, 2.24) is 19.8 Å². The maximum Gasteiger partial charge on any atom is 0.368 e. The fourth-order valence-corrected chi connectivity index (χ4v) is 2.69. The van der Waals surface area contributed by atoms with Gasteiger partial charge in [0.15, 0.2) is 0 Å². The number of hydrogen-bond donors (Lipinski definition) is 0. The third-order valence-electron chi connectivity index (χ3n) is 3.99. The molecule has 0 unspecified atom stereocenters. The van der Waals surface area contributed by atoms with E-state index in [4.69, 9.17) is 16.4 Å². The normalized spacial score (nSPS) is 11.6. The lowest BCUT2D eigenvalue weighted by Crippen LogP contribution is -2.23. The first-order valence-corrected chi connectivity index (χ1v) is 8.35. The smallest absolute Gasteiger partial charge is 0.368 e. The fourth-order valence-electron chi connectivity index (χ4n) is 2.50. The monoisotopic (exact) mass is 371 g/mol. The Morgan fingerprint density at radius 2 is 2.00 bits per heavy atom. The zero-order valence-corrected chi connectivity index (χ0v) is 15.4. The number of hydrogen-bond acceptors (Lipinski definition) is 5. The molecular formula is C18H18ClN5O2. The molecule has 3 rings (SSSR count). The molecule has 0 saturated heterocycles. The lowest BCUT2D eigenvalue weighted by Gasteiger charge is -2.10. The first-order chi connectivity index (χ1) is 12.5. The van der Waals surface area contributed by atoms with Crippen LogP contribution in [0.5, 0.6) is 0 Å². The topological polar surface area (TPSA) is 74.3 Å². The number of rotatable bonds is 5. The molecule has 0 radical (unpaired) electrons. The first kappa shape index (κ1) is 17.9. The van der Waals surface area contributed by atoms with Crippen LogP contribution in [0.1, 0.15) is 23.6 Å². The minimum Gasteiger partial charge on any atom is -0.391 e. The van der Waals surface area contributed by atoms with Crippen molar-refractivity contribution in [3.05, 3.63) is 74.7 Å². The third-order valence-corrected chi connectivity index (χ3v) is 4.22. The van der Waals surface area contributed by atoms with Gasteiger partial charge in [0.25, 0.3) is 0 Å². The average Bonchev–Trinajstić information content (AvgIpc) is 2.95. The Hall–Kier alpha value is -2.93. The molecule has 134 valence electrons. The number of halogens is 1. The second kappa shape index (κ2) is 7.53. The van der Waals surface area contributed by atoms with Crippen LogP contribution in [0.25, 0.3) is 5.69 Å². The van der Waals surface area contributed by atoms with Crippen LogP contribution < -0.4 is 5.69 Å². The van der Waals surface area contributed by atoms with Crippen LogP contribution in [0, 0.1) is 6.92 Å². The molecule has 8 heteroatoms. The number of aromatic nitrogens is 4. The standard InChI is InChI=1S/C18H18ClN5O2/c1-12-6-4-9-17(24-18(25)23(3)21-22-24)16(12)11-26-20-13(2)14-7-5-8-15(19)10-14/h4-10H,11H2,1-3H3. The van der Waals surface area contributed by atoms with Crippen LogP contribution in [0.15, 0.2) is 52.4 Å². The Balaban J connectivity index is 1.85. The van der Waals surface area contributed by atoms with Crippen molar-refractivity contribution in [3.63, 3.8) is 0 Å². The van der Waals surface area contributed by atoms with Crippen molar-refractivity contribution in [1.29, 1.82) is 0 Å². The Morgan fingerprint density at radius 1 is 1.23 bits per heavy atom. The van der Waals surface area contributed by atoms with E-state index in [0.29, 0.717) is 16.4 Å². The molecule has 26 heavy (non-hydrogen) atoms. The van der Waals surface area contributed by atoms with Crippen LogP contribution in [-0.2, 0) is 18.5 Å². The Kier molecular flexibility index (Phi) is 5.18. The second-order valence-corrected chi connectivity index (χ2v) is 6.27. The minimum atomic E-state index is -0.324. The van der Waals surface area contributed by atoms with Gasteiger partial charge in [0.1, 0.15) is 6.61 Å². The third kappa shape index (κ3) is 3.67. The summed E-state index contributed by atoms with van der Waals surface area (Å²) in [4.78, 5) is 17.7. The van der Waals surface area contributed by atoms with Gasteiger partial charge in [-0.1, -0.05) is 41.0 Å². The molecule has 0 amide bonds. The SMILES string of the molecule is CC(=NOCc1c(C)cccc1-n1nnn(C)c1=O)c1cccc(Cl)c1. The zero-order valence-electron chi connectivity index (χ0n) is 14.7. The number of benzene rings is 2. The van der Waals surface area contributed by atoms with Crippen molar-refractivity contribution in [2.75, 3.05) is 0 Å². The summed E-state index contributed by atoms with van der Waals surface area (Å²) in [6, 6.07) is 13.0. The summed E-state index contributed by atoms with van der Waals surface area (Å²) in [5.74, 6) is 0. The highest BCUT2D eigenvalue weighted by Gasteiger charge is 2.13. The lowest BCUT2D eigenvalue weighted by atomic mass is 10.1. The fraction of sp³-hybridized carbons (Fsp3) is 0.222. The summed E-state index contributed by atoms with van der Waals surface area (Å²) < 4.78 is 2.42. The van der Waals surface area contributed by atoms with Gasteiger partial charge >= 0.3 is 5.69 Å². The molecule has 7 nitrogen and oxygen atoms in total.